The molecule has 1 heterocycles. The van der Waals surface area contributed by atoms with Crippen LogP contribution in [0.25, 0.3) is 0 Å². The zero-order valence-electron chi connectivity index (χ0n) is 15.2. The van der Waals surface area contributed by atoms with Crippen molar-refractivity contribution in [3.05, 3.63) is 23.9 Å². The van der Waals surface area contributed by atoms with E-state index in [0.717, 1.165) is 5.56 Å². The first-order valence-corrected chi connectivity index (χ1v) is 8.70. The number of nitrogens with zero attached hydrogens (tertiary/aromatic N) is 1. The molecule has 0 saturated carbocycles. The summed E-state index contributed by atoms with van der Waals surface area (Å²) in [6.07, 6.45) is 1.94. The zero-order chi connectivity index (χ0) is 18.9. The molecule has 1 aromatic heterocycles. The van der Waals surface area contributed by atoms with Crippen molar-refractivity contribution in [2.24, 2.45) is 5.73 Å². The molecule has 9 heteroatoms. The van der Waals surface area contributed by atoms with Gasteiger partial charge in [-0.25, -0.2) is 4.98 Å². The molecule has 0 aliphatic rings. The van der Waals surface area contributed by atoms with Crippen molar-refractivity contribution >= 4 is 11.7 Å². The number of carbonyl (C=O) groups excluding carboxylic acids is 1. The number of carbonyl (C=O) groups is 1. The van der Waals surface area contributed by atoms with Crippen molar-refractivity contribution in [2.45, 2.75) is 13.0 Å². The van der Waals surface area contributed by atoms with E-state index in [2.05, 4.69) is 10.3 Å². The van der Waals surface area contributed by atoms with E-state index in [1.165, 1.54) is 0 Å². The molecule has 0 aliphatic carbocycles. The minimum absolute atomic E-state index is 0.0759. The number of nitrogen functional groups attached to an aromatic ring is 1. The van der Waals surface area contributed by atoms with Crippen LogP contribution in [0.2, 0.25) is 0 Å². The van der Waals surface area contributed by atoms with Crippen LogP contribution in [0.5, 0.6) is 0 Å². The van der Waals surface area contributed by atoms with Gasteiger partial charge in [0.15, 0.2) is 0 Å². The molecule has 0 atom stereocenters. The average molecular weight is 370 g/mol. The largest absolute Gasteiger partial charge is 0.384 e. The third kappa shape index (κ3) is 12.6. The molecule has 148 valence electrons. The summed E-state index contributed by atoms with van der Waals surface area (Å²) in [6.45, 7) is 4.82. The molecule has 0 bridgehead atoms. The van der Waals surface area contributed by atoms with Crippen molar-refractivity contribution < 1.29 is 23.7 Å². The Bertz CT molecular complexity index is 473. The Morgan fingerprint density at radius 3 is 2.04 bits per heavy atom. The quantitative estimate of drug-likeness (QED) is 0.338. The molecule has 26 heavy (non-hydrogen) atoms. The third-order valence-electron chi connectivity index (χ3n) is 3.19. The van der Waals surface area contributed by atoms with E-state index in [1.54, 1.807) is 12.3 Å². The number of hydrogen-bond acceptors (Lipinski definition) is 8. The molecule has 1 amide bonds. The fraction of sp³-hybridized carbons (Fsp3) is 0.647. The normalized spacial score (nSPS) is 10.8. The molecule has 9 nitrogen and oxygen atoms in total. The van der Waals surface area contributed by atoms with Gasteiger partial charge in [0.1, 0.15) is 5.82 Å². The van der Waals surface area contributed by atoms with Gasteiger partial charge in [-0.3, -0.25) is 4.79 Å². The van der Waals surface area contributed by atoms with Crippen LogP contribution in [0.15, 0.2) is 18.3 Å². The Kier molecular flexibility index (Phi) is 13.2. The summed E-state index contributed by atoms with van der Waals surface area (Å²) in [4.78, 5) is 15.6. The first-order chi connectivity index (χ1) is 12.7. The summed E-state index contributed by atoms with van der Waals surface area (Å²) in [6, 6.07) is 3.53. The topological polar surface area (TPSA) is 131 Å². The first kappa shape index (κ1) is 22.3. The van der Waals surface area contributed by atoms with Crippen molar-refractivity contribution in [1.29, 1.82) is 0 Å². The van der Waals surface area contributed by atoms with Gasteiger partial charge in [0.05, 0.1) is 52.9 Å². The van der Waals surface area contributed by atoms with Gasteiger partial charge < -0.3 is 35.7 Å². The Hall–Kier alpha value is -1.78. The van der Waals surface area contributed by atoms with Crippen LogP contribution in [0.1, 0.15) is 12.0 Å². The van der Waals surface area contributed by atoms with E-state index < -0.39 is 0 Å². The van der Waals surface area contributed by atoms with Crippen LogP contribution in [-0.2, 0) is 30.3 Å². The zero-order valence-corrected chi connectivity index (χ0v) is 15.2. The van der Waals surface area contributed by atoms with Gasteiger partial charge in [0, 0.05) is 25.7 Å². The molecule has 0 aromatic carbocycles. The summed E-state index contributed by atoms with van der Waals surface area (Å²) < 4.78 is 21.2. The SMILES string of the molecule is NCCOCCOCCOCCOCCC(=O)NCc1ccc(N)nc1. The number of ether oxygens (including phenoxy) is 4. The van der Waals surface area contributed by atoms with E-state index in [1.807, 2.05) is 6.07 Å². The van der Waals surface area contributed by atoms with E-state index in [9.17, 15) is 4.79 Å². The van der Waals surface area contributed by atoms with Crippen LogP contribution >= 0.6 is 0 Å². The minimum atomic E-state index is -0.0759. The summed E-state index contributed by atoms with van der Waals surface area (Å²) in [5, 5.41) is 2.80. The smallest absolute Gasteiger partial charge is 0.222 e. The lowest BCUT2D eigenvalue weighted by atomic mass is 10.3. The van der Waals surface area contributed by atoms with Crippen molar-refractivity contribution in [2.75, 3.05) is 65.1 Å². The fourth-order valence-corrected chi connectivity index (χ4v) is 1.84. The number of nitrogens with two attached hydrogens (primary N) is 2. The Balaban J connectivity index is 1.83. The number of hydrogen-bond donors (Lipinski definition) is 3. The summed E-state index contributed by atoms with van der Waals surface area (Å²) in [7, 11) is 0. The van der Waals surface area contributed by atoms with E-state index in [4.69, 9.17) is 30.4 Å². The molecule has 1 rings (SSSR count). The molecule has 0 radical (unpaired) electrons. The van der Waals surface area contributed by atoms with Crippen molar-refractivity contribution in [3.63, 3.8) is 0 Å². The summed E-state index contributed by atoms with van der Waals surface area (Å²) in [5.41, 5.74) is 11.7. The average Bonchev–Trinajstić information content (AvgIpc) is 2.65. The second-order valence-electron chi connectivity index (χ2n) is 5.36. The first-order valence-electron chi connectivity index (χ1n) is 8.70. The monoisotopic (exact) mass is 370 g/mol. The number of aromatic nitrogens is 1. The molecule has 5 N–H and O–H groups in total. The molecule has 1 aromatic rings. The third-order valence-corrected chi connectivity index (χ3v) is 3.19. The molecular weight excluding hydrogens is 340 g/mol. The molecule has 0 saturated heterocycles. The standard InChI is InChI=1S/C17H30N4O5/c18-4-6-24-8-10-26-12-11-25-9-7-23-5-3-17(22)21-14-15-1-2-16(19)20-13-15/h1-2,13H,3-12,14,18H2,(H2,19,20)(H,21,22). The highest BCUT2D eigenvalue weighted by Crippen LogP contribution is 2.00. The second kappa shape index (κ2) is 15.5. The van der Waals surface area contributed by atoms with Gasteiger partial charge in [-0.1, -0.05) is 6.07 Å². The maximum Gasteiger partial charge on any atom is 0.222 e. The van der Waals surface area contributed by atoms with Gasteiger partial charge >= 0.3 is 0 Å². The van der Waals surface area contributed by atoms with Crippen LogP contribution in [0.3, 0.4) is 0 Å². The molecule has 0 unspecified atom stereocenters. The molecule has 0 aliphatic heterocycles. The van der Waals surface area contributed by atoms with E-state index >= 15 is 0 Å². The fourth-order valence-electron chi connectivity index (χ4n) is 1.84. The van der Waals surface area contributed by atoms with Crippen molar-refractivity contribution in [3.8, 4) is 0 Å². The van der Waals surface area contributed by atoms with Crippen LogP contribution < -0.4 is 16.8 Å². The lowest BCUT2D eigenvalue weighted by Crippen LogP contribution is -2.24. The number of amides is 1. The van der Waals surface area contributed by atoms with Gasteiger partial charge in [-0.15, -0.1) is 0 Å². The van der Waals surface area contributed by atoms with Crippen LogP contribution in [0, 0.1) is 0 Å². The Labute approximate surface area is 154 Å². The van der Waals surface area contributed by atoms with Gasteiger partial charge in [-0.2, -0.15) is 0 Å². The van der Waals surface area contributed by atoms with E-state index in [0.29, 0.717) is 78.2 Å². The number of rotatable bonds is 16. The number of anilines is 1. The van der Waals surface area contributed by atoms with Gasteiger partial charge in [0.2, 0.25) is 5.91 Å². The van der Waals surface area contributed by atoms with Crippen molar-refractivity contribution in [1.82, 2.24) is 10.3 Å². The predicted octanol–water partition coefficient (Wildman–Crippen LogP) is -0.305. The maximum absolute atomic E-state index is 11.7. The molecular formula is C17H30N4O5. The van der Waals surface area contributed by atoms with Gasteiger partial charge in [0.25, 0.3) is 0 Å². The Morgan fingerprint density at radius 1 is 0.923 bits per heavy atom. The van der Waals surface area contributed by atoms with Gasteiger partial charge in [-0.05, 0) is 11.6 Å². The highest BCUT2D eigenvalue weighted by atomic mass is 16.6. The molecule has 0 spiro atoms. The van der Waals surface area contributed by atoms with Crippen LogP contribution in [-0.4, -0.2) is 70.3 Å². The second-order valence-corrected chi connectivity index (χ2v) is 5.36. The summed E-state index contributed by atoms with van der Waals surface area (Å²) >= 11 is 0. The molecule has 0 fully saturated rings. The lowest BCUT2D eigenvalue weighted by molar-refractivity contribution is -0.122. The maximum atomic E-state index is 11.7. The Morgan fingerprint density at radius 2 is 1.50 bits per heavy atom. The number of nitrogens with one attached hydrogen (secondary N) is 1. The predicted molar refractivity (Wildman–Crippen MR) is 97.4 cm³/mol. The minimum Gasteiger partial charge on any atom is -0.384 e. The number of pyridine rings is 1. The highest BCUT2D eigenvalue weighted by Gasteiger charge is 2.02. The highest BCUT2D eigenvalue weighted by molar-refractivity contribution is 5.75. The van der Waals surface area contributed by atoms with E-state index in [-0.39, 0.29) is 5.91 Å². The summed E-state index contributed by atoms with van der Waals surface area (Å²) in [5.74, 6) is 0.381. The van der Waals surface area contributed by atoms with Crippen LogP contribution in [0.4, 0.5) is 5.82 Å². The lowest BCUT2D eigenvalue weighted by Gasteiger charge is -2.08.